The number of rotatable bonds is 6. The summed E-state index contributed by atoms with van der Waals surface area (Å²) >= 11 is 0. The topological polar surface area (TPSA) is 102 Å². The van der Waals surface area contributed by atoms with Crippen LogP contribution in [0.2, 0.25) is 0 Å². The van der Waals surface area contributed by atoms with Gasteiger partial charge in [0, 0.05) is 25.4 Å². The van der Waals surface area contributed by atoms with Crippen molar-refractivity contribution in [3.05, 3.63) is 48.4 Å². The Labute approximate surface area is 175 Å². The van der Waals surface area contributed by atoms with E-state index < -0.39 is 17.9 Å². The molecule has 0 unspecified atom stereocenters. The summed E-state index contributed by atoms with van der Waals surface area (Å²) in [6, 6.07) is 6.52. The maximum atomic E-state index is 12.6. The molecular formula is C20H20F3N5O3. The molecular weight excluding hydrogens is 415 g/mol. The summed E-state index contributed by atoms with van der Waals surface area (Å²) in [7, 11) is 1.71. The fourth-order valence-corrected chi connectivity index (χ4v) is 2.59. The number of carbonyl (C=O) groups excluding carboxylic acids is 1. The van der Waals surface area contributed by atoms with Crippen molar-refractivity contribution in [3.63, 3.8) is 0 Å². The largest absolute Gasteiger partial charge is 0.573 e. The van der Waals surface area contributed by atoms with E-state index in [0.29, 0.717) is 16.8 Å². The second-order valence-electron chi connectivity index (χ2n) is 7.43. The molecule has 31 heavy (non-hydrogen) atoms. The van der Waals surface area contributed by atoms with Crippen molar-refractivity contribution >= 4 is 5.91 Å². The minimum atomic E-state index is -4.80. The summed E-state index contributed by atoms with van der Waals surface area (Å²) in [5.41, 5.74) is 0.243. The van der Waals surface area contributed by atoms with E-state index in [4.69, 9.17) is 0 Å². The lowest BCUT2D eigenvalue weighted by Crippen LogP contribution is -2.38. The van der Waals surface area contributed by atoms with Crippen LogP contribution in [0.4, 0.5) is 13.2 Å². The number of nitrogens with zero attached hydrogens (tertiary/aromatic N) is 4. The lowest BCUT2D eigenvalue weighted by Gasteiger charge is -2.17. The van der Waals surface area contributed by atoms with E-state index in [9.17, 15) is 23.1 Å². The highest BCUT2D eigenvalue weighted by molar-refractivity contribution is 5.93. The number of aromatic nitrogens is 4. The van der Waals surface area contributed by atoms with Crippen LogP contribution in [0.5, 0.6) is 5.75 Å². The summed E-state index contributed by atoms with van der Waals surface area (Å²) in [5.74, 6) is -0.691. The maximum Gasteiger partial charge on any atom is 0.573 e. The van der Waals surface area contributed by atoms with Gasteiger partial charge in [-0.25, -0.2) is 9.97 Å². The molecule has 2 aromatic heterocycles. The molecule has 8 nitrogen and oxygen atoms in total. The van der Waals surface area contributed by atoms with Gasteiger partial charge in [0.1, 0.15) is 11.4 Å². The molecule has 0 atom stereocenters. The molecule has 0 aliphatic rings. The highest BCUT2D eigenvalue weighted by Gasteiger charge is 2.31. The predicted molar refractivity (Wildman–Crippen MR) is 105 cm³/mol. The van der Waals surface area contributed by atoms with Crippen LogP contribution in [0.25, 0.3) is 22.6 Å². The van der Waals surface area contributed by atoms with Gasteiger partial charge < -0.3 is 15.2 Å². The first kappa shape index (κ1) is 22.2. The number of hydrogen-bond donors (Lipinski definition) is 2. The lowest BCUT2D eigenvalue weighted by molar-refractivity contribution is -0.274. The molecule has 11 heteroatoms. The van der Waals surface area contributed by atoms with Gasteiger partial charge in [-0.3, -0.25) is 9.48 Å². The van der Waals surface area contributed by atoms with Gasteiger partial charge in [-0.1, -0.05) is 0 Å². The van der Waals surface area contributed by atoms with Crippen LogP contribution in [0, 0.1) is 0 Å². The van der Waals surface area contributed by atoms with Crippen LogP contribution in [-0.2, 0) is 7.05 Å². The van der Waals surface area contributed by atoms with Crippen LogP contribution < -0.4 is 10.1 Å². The Morgan fingerprint density at radius 1 is 1.16 bits per heavy atom. The van der Waals surface area contributed by atoms with E-state index in [1.165, 1.54) is 24.4 Å². The molecule has 0 radical (unpaired) electrons. The van der Waals surface area contributed by atoms with Crippen LogP contribution in [-0.4, -0.2) is 49.3 Å². The Bertz CT molecular complexity index is 1070. The minimum Gasteiger partial charge on any atom is -0.406 e. The van der Waals surface area contributed by atoms with Gasteiger partial charge in [-0.2, -0.15) is 5.10 Å². The van der Waals surface area contributed by atoms with Crippen LogP contribution in [0.15, 0.2) is 42.7 Å². The number of ether oxygens (including phenoxy) is 1. The number of aliphatic hydroxyl groups is 1. The standard InChI is InChI=1S/C20H20F3N5O3/c1-19(2,30)11-24-18(29)16-8-15(26-17(27-16)13-9-25-28(3)10-13)12-4-6-14(7-5-12)31-20(21,22)23/h4-10,30H,11H2,1-3H3,(H,24,29). The Hall–Kier alpha value is -3.47. The van der Waals surface area contributed by atoms with E-state index in [-0.39, 0.29) is 23.8 Å². The number of nitrogens with one attached hydrogen (secondary N) is 1. The van der Waals surface area contributed by atoms with Gasteiger partial charge in [0.25, 0.3) is 5.91 Å². The third kappa shape index (κ3) is 6.25. The van der Waals surface area contributed by atoms with Gasteiger partial charge in [-0.05, 0) is 44.2 Å². The van der Waals surface area contributed by atoms with E-state index in [1.54, 1.807) is 31.8 Å². The summed E-state index contributed by atoms with van der Waals surface area (Å²) in [6.07, 6.45) is -1.61. The Morgan fingerprint density at radius 2 is 1.84 bits per heavy atom. The van der Waals surface area contributed by atoms with Crippen molar-refractivity contribution in [1.82, 2.24) is 25.1 Å². The lowest BCUT2D eigenvalue weighted by atomic mass is 10.1. The molecule has 1 aromatic carbocycles. The number of benzene rings is 1. The second kappa shape index (κ2) is 8.34. The highest BCUT2D eigenvalue weighted by Crippen LogP contribution is 2.27. The molecule has 3 rings (SSSR count). The smallest absolute Gasteiger partial charge is 0.406 e. The molecule has 3 aromatic rings. The normalized spacial score (nSPS) is 12.0. The van der Waals surface area contributed by atoms with Crippen molar-refractivity contribution in [2.75, 3.05) is 6.54 Å². The van der Waals surface area contributed by atoms with Crippen molar-refractivity contribution in [2.24, 2.45) is 7.05 Å². The zero-order valence-electron chi connectivity index (χ0n) is 16.9. The monoisotopic (exact) mass is 435 g/mol. The Kier molecular flexibility index (Phi) is 5.98. The molecule has 0 saturated heterocycles. The molecule has 0 spiro atoms. The maximum absolute atomic E-state index is 12.6. The Morgan fingerprint density at radius 3 is 2.39 bits per heavy atom. The van der Waals surface area contributed by atoms with Crippen molar-refractivity contribution < 1.29 is 27.8 Å². The number of amides is 1. The molecule has 0 aliphatic heterocycles. The number of aryl methyl sites for hydroxylation is 1. The third-order valence-electron chi connectivity index (χ3n) is 3.99. The second-order valence-corrected chi connectivity index (χ2v) is 7.43. The summed E-state index contributed by atoms with van der Waals surface area (Å²) in [5, 5.41) is 16.5. The van der Waals surface area contributed by atoms with Gasteiger partial charge in [0.15, 0.2) is 5.82 Å². The highest BCUT2D eigenvalue weighted by atomic mass is 19.4. The number of alkyl halides is 3. The fraction of sp³-hybridized carbons (Fsp3) is 0.300. The molecule has 0 bridgehead atoms. The van der Waals surface area contributed by atoms with Gasteiger partial charge >= 0.3 is 6.36 Å². The summed E-state index contributed by atoms with van der Waals surface area (Å²) < 4.78 is 42.6. The van der Waals surface area contributed by atoms with E-state index in [2.05, 4.69) is 25.1 Å². The number of hydrogen-bond acceptors (Lipinski definition) is 6. The van der Waals surface area contributed by atoms with Gasteiger partial charge in [0.05, 0.1) is 23.1 Å². The average molecular weight is 435 g/mol. The first-order valence-corrected chi connectivity index (χ1v) is 9.14. The Balaban J connectivity index is 1.98. The molecule has 1 amide bonds. The van der Waals surface area contributed by atoms with E-state index in [0.717, 1.165) is 12.1 Å². The van der Waals surface area contributed by atoms with E-state index >= 15 is 0 Å². The van der Waals surface area contributed by atoms with Crippen LogP contribution in [0.3, 0.4) is 0 Å². The molecule has 164 valence electrons. The van der Waals surface area contributed by atoms with Crippen LogP contribution >= 0.6 is 0 Å². The molecule has 0 fully saturated rings. The minimum absolute atomic E-state index is 0.00310. The fourth-order valence-electron chi connectivity index (χ4n) is 2.59. The molecule has 2 heterocycles. The van der Waals surface area contributed by atoms with Crippen molar-refractivity contribution in [1.29, 1.82) is 0 Å². The first-order chi connectivity index (χ1) is 14.4. The number of carbonyl (C=O) groups is 1. The van der Waals surface area contributed by atoms with Gasteiger partial charge in [0.2, 0.25) is 0 Å². The zero-order valence-corrected chi connectivity index (χ0v) is 16.9. The van der Waals surface area contributed by atoms with Crippen LogP contribution in [0.1, 0.15) is 24.3 Å². The summed E-state index contributed by atoms with van der Waals surface area (Å²) in [6.45, 7) is 3.09. The molecule has 0 saturated carbocycles. The third-order valence-corrected chi connectivity index (χ3v) is 3.99. The van der Waals surface area contributed by atoms with Crippen molar-refractivity contribution in [3.8, 4) is 28.4 Å². The predicted octanol–water partition coefficient (Wildman–Crippen LogP) is 2.94. The average Bonchev–Trinajstić information content (AvgIpc) is 3.11. The molecule has 2 N–H and O–H groups in total. The molecule has 0 aliphatic carbocycles. The first-order valence-electron chi connectivity index (χ1n) is 9.14. The van der Waals surface area contributed by atoms with E-state index in [1.807, 2.05) is 0 Å². The zero-order chi connectivity index (χ0) is 22.8. The quantitative estimate of drug-likeness (QED) is 0.617. The van der Waals surface area contributed by atoms with Gasteiger partial charge in [-0.15, -0.1) is 13.2 Å². The van der Waals surface area contributed by atoms with Crippen molar-refractivity contribution in [2.45, 2.75) is 25.8 Å². The SMILES string of the molecule is Cn1cc(-c2nc(C(=O)NCC(C)(C)O)cc(-c3ccc(OC(F)(F)F)cc3)n2)cn1. The number of halogens is 3. The summed E-state index contributed by atoms with van der Waals surface area (Å²) in [4.78, 5) is 21.3.